The van der Waals surface area contributed by atoms with Crippen molar-refractivity contribution in [3.8, 4) is 0 Å². The molecule has 1 unspecified atom stereocenters. The van der Waals surface area contributed by atoms with Crippen LogP contribution < -0.4 is 34.3 Å². The summed E-state index contributed by atoms with van der Waals surface area (Å²) in [5, 5.41) is 0. The van der Waals surface area contributed by atoms with Crippen molar-refractivity contribution in [1.29, 1.82) is 0 Å². The van der Waals surface area contributed by atoms with Crippen LogP contribution in [0.2, 0.25) is 0 Å². The van der Waals surface area contributed by atoms with Crippen molar-refractivity contribution >= 4 is 26.8 Å². The third-order valence-electron chi connectivity index (χ3n) is 2.36. The van der Waals surface area contributed by atoms with Crippen molar-refractivity contribution in [3.05, 3.63) is 22.8 Å². The summed E-state index contributed by atoms with van der Waals surface area (Å²) in [7, 11) is -3.43. The number of nitrogens with one attached hydrogen (secondary N) is 1. The molecule has 0 bridgehead atoms. The molecule has 0 heterocycles. The molecular weight excluding hydrogens is 285 g/mol. The van der Waals surface area contributed by atoms with E-state index in [0.717, 1.165) is 6.26 Å². The minimum Gasteiger partial charge on any atom is -0.768 e. The van der Waals surface area contributed by atoms with Gasteiger partial charge in [0, 0.05) is 4.90 Å². The van der Waals surface area contributed by atoms with E-state index < -0.39 is 21.1 Å². The molecule has 8 heteroatoms. The van der Waals surface area contributed by atoms with Gasteiger partial charge in [0.25, 0.3) is 0 Å². The Morgan fingerprint density at radius 2 is 1.72 bits per heavy atom. The Morgan fingerprint density at radius 3 is 2.11 bits per heavy atom. The fraction of sp³-hybridized carbons (Fsp3) is 0.400. The van der Waals surface area contributed by atoms with Gasteiger partial charge in [-0.1, -0.05) is 6.07 Å². The second-order valence-electron chi connectivity index (χ2n) is 3.95. The zero-order valence-corrected chi connectivity index (χ0v) is 14.7. The van der Waals surface area contributed by atoms with Gasteiger partial charge in [0.1, 0.15) is 0 Å². The average Bonchev–Trinajstić information content (AvgIpc) is 2.09. The van der Waals surface area contributed by atoms with Crippen molar-refractivity contribution in [2.45, 2.75) is 25.7 Å². The maximum Gasteiger partial charge on any atom is 1.00 e. The normalized spacial score (nSPS) is 12.7. The molecule has 1 rings (SSSR count). The fourth-order valence-electron chi connectivity index (χ4n) is 1.77. The topological polar surface area (TPSA) is 86.3 Å². The molecule has 1 aromatic carbocycles. The number of anilines is 1. The van der Waals surface area contributed by atoms with Crippen LogP contribution in [0.1, 0.15) is 16.7 Å². The number of hydrogen-bond acceptors (Lipinski definition) is 4. The van der Waals surface area contributed by atoms with Gasteiger partial charge in [0.05, 0.1) is 11.9 Å². The van der Waals surface area contributed by atoms with Gasteiger partial charge in [0.15, 0.2) is 0 Å². The molecule has 0 spiro atoms. The Hall–Kier alpha value is 0.0800. The zero-order valence-electron chi connectivity index (χ0n) is 11.0. The smallest absolute Gasteiger partial charge is 0.768 e. The monoisotopic (exact) mass is 299 g/mol. The Balaban J connectivity index is 0.00000289. The predicted octanol–water partition coefficient (Wildman–Crippen LogP) is -1.77. The summed E-state index contributed by atoms with van der Waals surface area (Å²) >= 11 is -2.38. The number of aryl methyl sites for hydroxylation is 2. The number of benzene rings is 1. The predicted molar refractivity (Wildman–Crippen MR) is 66.3 cm³/mol. The maximum absolute atomic E-state index is 11.2. The Labute approximate surface area is 132 Å². The van der Waals surface area contributed by atoms with E-state index in [9.17, 15) is 17.2 Å². The first-order valence-electron chi connectivity index (χ1n) is 4.81. The van der Waals surface area contributed by atoms with E-state index in [0.29, 0.717) is 22.4 Å². The van der Waals surface area contributed by atoms with E-state index in [-0.39, 0.29) is 34.5 Å². The summed E-state index contributed by atoms with van der Waals surface area (Å²) in [6, 6.07) is 1.64. The maximum atomic E-state index is 11.2. The van der Waals surface area contributed by atoms with Gasteiger partial charge in [-0.2, -0.15) is 0 Å². The molecule has 96 valence electrons. The zero-order chi connectivity index (χ0) is 13.4. The molecule has 0 saturated carbocycles. The van der Waals surface area contributed by atoms with E-state index in [1.807, 2.05) is 0 Å². The molecule has 0 fully saturated rings. The average molecular weight is 299 g/mol. The largest absolute Gasteiger partial charge is 1.00 e. The van der Waals surface area contributed by atoms with Gasteiger partial charge in [-0.3, -0.25) is 8.93 Å². The first kappa shape index (κ1) is 18.1. The van der Waals surface area contributed by atoms with E-state index >= 15 is 0 Å². The SMILES string of the molecule is Cc1cc(C)c(S(=O)[O-])c(C)c1NS(C)(=O)=O.[Na+]. The second kappa shape index (κ2) is 6.49. The van der Waals surface area contributed by atoms with Crippen molar-refractivity contribution < 1.29 is 46.7 Å². The van der Waals surface area contributed by atoms with E-state index in [2.05, 4.69) is 4.72 Å². The molecule has 1 aromatic rings. The van der Waals surface area contributed by atoms with Gasteiger partial charge in [0.2, 0.25) is 10.0 Å². The number of hydrogen-bond donors (Lipinski definition) is 1. The molecule has 0 aliphatic rings. The molecule has 0 aromatic heterocycles. The van der Waals surface area contributed by atoms with Crippen LogP contribution >= 0.6 is 0 Å². The first-order valence-corrected chi connectivity index (χ1v) is 7.78. The summed E-state index contributed by atoms with van der Waals surface area (Å²) < 4.78 is 46.9. The van der Waals surface area contributed by atoms with Crippen LogP contribution in [0.4, 0.5) is 5.69 Å². The van der Waals surface area contributed by atoms with Crippen molar-refractivity contribution in [2.75, 3.05) is 11.0 Å². The Morgan fingerprint density at radius 1 is 1.22 bits per heavy atom. The van der Waals surface area contributed by atoms with Gasteiger partial charge in [-0.15, -0.1) is 0 Å². The summed E-state index contributed by atoms with van der Waals surface area (Å²) in [4.78, 5) is 0.141. The molecule has 5 nitrogen and oxygen atoms in total. The van der Waals surface area contributed by atoms with Crippen LogP contribution in [-0.4, -0.2) is 23.4 Å². The summed E-state index contributed by atoms with van der Waals surface area (Å²) in [6.07, 6.45) is 1.03. The molecular formula is C10H14NNaO4S2. The quantitative estimate of drug-likeness (QED) is 0.528. The van der Waals surface area contributed by atoms with Gasteiger partial charge >= 0.3 is 29.6 Å². The molecule has 0 radical (unpaired) electrons. The van der Waals surface area contributed by atoms with Gasteiger partial charge in [-0.25, -0.2) is 8.42 Å². The van der Waals surface area contributed by atoms with Gasteiger partial charge < -0.3 is 4.55 Å². The summed E-state index contributed by atoms with van der Waals surface area (Å²) in [6.45, 7) is 4.99. The minimum absolute atomic E-state index is 0. The summed E-state index contributed by atoms with van der Waals surface area (Å²) in [5.41, 5.74) is 2.05. The van der Waals surface area contributed by atoms with Crippen molar-refractivity contribution in [2.24, 2.45) is 0 Å². The summed E-state index contributed by atoms with van der Waals surface area (Å²) in [5.74, 6) is 0. The number of rotatable bonds is 3. The van der Waals surface area contributed by atoms with Crippen LogP contribution in [-0.2, 0) is 21.1 Å². The molecule has 0 saturated heterocycles. The Bertz CT molecular complexity index is 584. The molecule has 1 atom stereocenters. The van der Waals surface area contributed by atoms with Crippen LogP contribution in [0.15, 0.2) is 11.0 Å². The van der Waals surface area contributed by atoms with Crippen LogP contribution in [0.25, 0.3) is 0 Å². The molecule has 0 aliphatic heterocycles. The van der Waals surface area contributed by atoms with Crippen LogP contribution in [0.3, 0.4) is 0 Å². The van der Waals surface area contributed by atoms with Gasteiger partial charge in [-0.05, 0) is 48.5 Å². The number of sulfonamides is 1. The fourth-order valence-corrected chi connectivity index (χ4v) is 3.13. The van der Waals surface area contributed by atoms with E-state index in [1.54, 1.807) is 26.8 Å². The van der Waals surface area contributed by atoms with Crippen molar-refractivity contribution in [3.63, 3.8) is 0 Å². The molecule has 1 N–H and O–H groups in total. The second-order valence-corrected chi connectivity index (χ2v) is 6.57. The van der Waals surface area contributed by atoms with E-state index in [1.165, 1.54) is 0 Å². The standard InChI is InChI=1S/C10H15NO4S2.Na/c1-6-5-7(2)10(16(12)13)8(3)9(6)11-17(4,14)15;/h5,11H,1-4H3,(H,12,13);/q;+1/p-1. The van der Waals surface area contributed by atoms with Crippen LogP contribution in [0.5, 0.6) is 0 Å². The third kappa shape index (κ3) is 4.32. The molecule has 18 heavy (non-hydrogen) atoms. The third-order valence-corrected chi connectivity index (χ3v) is 3.89. The van der Waals surface area contributed by atoms with E-state index in [4.69, 9.17) is 0 Å². The van der Waals surface area contributed by atoms with Crippen molar-refractivity contribution in [1.82, 2.24) is 0 Å². The minimum atomic E-state index is -3.43. The molecule has 0 aliphatic carbocycles. The molecule has 0 amide bonds. The Kier molecular flexibility index (Phi) is 6.52. The van der Waals surface area contributed by atoms with Crippen LogP contribution in [0, 0.1) is 20.8 Å². The first-order chi connectivity index (χ1) is 7.63.